The van der Waals surface area contributed by atoms with Gasteiger partial charge in [0.2, 0.25) is 0 Å². The third kappa shape index (κ3) is 3.33. The first-order chi connectivity index (χ1) is 15.7. The highest BCUT2D eigenvalue weighted by atomic mass is 16.5. The van der Waals surface area contributed by atoms with Gasteiger partial charge in [-0.05, 0) is 42.0 Å². The van der Waals surface area contributed by atoms with E-state index >= 15 is 0 Å². The zero-order chi connectivity index (χ0) is 22.1. The number of carbonyl (C=O) groups excluding carboxylic acids is 1. The number of benzene rings is 3. The number of fused-ring (bicyclic) bond motifs is 1. The van der Waals surface area contributed by atoms with Crippen LogP contribution in [0.25, 0.3) is 5.69 Å². The predicted octanol–water partition coefficient (Wildman–Crippen LogP) is 4.66. The lowest BCUT2D eigenvalue weighted by atomic mass is 10.0. The Morgan fingerprint density at radius 1 is 0.969 bits per heavy atom. The molecule has 0 spiro atoms. The number of carbonyl (C=O) groups is 1. The second-order valence-electron chi connectivity index (χ2n) is 7.37. The highest BCUT2D eigenvalue weighted by Crippen LogP contribution is 2.41. The highest BCUT2D eigenvalue weighted by Gasteiger charge is 2.35. The molecule has 0 saturated heterocycles. The van der Waals surface area contributed by atoms with Crippen molar-refractivity contribution in [2.45, 2.75) is 6.17 Å². The molecule has 0 radical (unpaired) electrons. The number of anilines is 2. The summed E-state index contributed by atoms with van der Waals surface area (Å²) in [6.45, 7) is 0. The molecule has 160 valence electrons. The van der Waals surface area contributed by atoms with Crippen LogP contribution in [0.15, 0.2) is 85.5 Å². The molecule has 1 atom stereocenters. The largest absolute Gasteiger partial charge is 0.497 e. The van der Waals surface area contributed by atoms with E-state index in [2.05, 4.69) is 10.3 Å². The first-order valence-corrected chi connectivity index (χ1v) is 10.2. The SMILES string of the molecule is COc1ccc(N2C(=O)c3ccccc3N[C@@H]2c2ccc(-n3ccnc3)cc2)c(OC)c1. The van der Waals surface area contributed by atoms with E-state index in [-0.39, 0.29) is 5.91 Å². The maximum Gasteiger partial charge on any atom is 0.262 e. The van der Waals surface area contributed by atoms with E-state index in [0.717, 1.165) is 16.9 Å². The monoisotopic (exact) mass is 426 g/mol. The van der Waals surface area contributed by atoms with Gasteiger partial charge in [-0.2, -0.15) is 0 Å². The second-order valence-corrected chi connectivity index (χ2v) is 7.37. The van der Waals surface area contributed by atoms with Crippen molar-refractivity contribution in [2.24, 2.45) is 0 Å². The van der Waals surface area contributed by atoms with Crippen molar-refractivity contribution in [3.05, 3.63) is 96.6 Å². The molecule has 3 aromatic carbocycles. The van der Waals surface area contributed by atoms with Crippen LogP contribution in [0.3, 0.4) is 0 Å². The number of rotatable bonds is 5. The van der Waals surface area contributed by atoms with Gasteiger partial charge >= 0.3 is 0 Å². The van der Waals surface area contributed by atoms with Crippen LogP contribution in [0.2, 0.25) is 0 Å². The van der Waals surface area contributed by atoms with Crippen LogP contribution >= 0.6 is 0 Å². The molecule has 1 aromatic heterocycles. The first-order valence-electron chi connectivity index (χ1n) is 10.2. The van der Waals surface area contributed by atoms with E-state index in [1.54, 1.807) is 37.7 Å². The maximum atomic E-state index is 13.7. The molecule has 1 N–H and O–H groups in total. The van der Waals surface area contributed by atoms with E-state index in [0.29, 0.717) is 22.7 Å². The summed E-state index contributed by atoms with van der Waals surface area (Å²) >= 11 is 0. The molecule has 0 bridgehead atoms. The number of aromatic nitrogens is 2. The molecular weight excluding hydrogens is 404 g/mol. The van der Waals surface area contributed by atoms with Crippen LogP contribution in [0.4, 0.5) is 11.4 Å². The second kappa shape index (κ2) is 8.11. The van der Waals surface area contributed by atoms with Crippen molar-refractivity contribution < 1.29 is 14.3 Å². The Labute approximate surface area is 185 Å². The highest BCUT2D eigenvalue weighted by molar-refractivity contribution is 6.12. The minimum atomic E-state index is -0.420. The van der Waals surface area contributed by atoms with Gasteiger partial charge in [-0.15, -0.1) is 0 Å². The Hall–Kier alpha value is -4.26. The van der Waals surface area contributed by atoms with Crippen LogP contribution in [-0.2, 0) is 0 Å². The zero-order valence-electron chi connectivity index (χ0n) is 17.7. The average molecular weight is 426 g/mol. The van der Waals surface area contributed by atoms with Crippen molar-refractivity contribution in [3.8, 4) is 17.2 Å². The smallest absolute Gasteiger partial charge is 0.262 e. The minimum absolute atomic E-state index is 0.105. The molecule has 7 nitrogen and oxygen atoms in total. The fourth-order valence-corrected chi connectivity index (χ4v) is 3.96. The molecule has 32 heavy (non-hydrogen) atoms. The quantitative estimate of drug-likeness (QED) is 0.503. The van der Waals surface area contributed by atoms with Crippen molar-refractivity contribution in [3.63, 3.8) is 0 Å². The number of hydrogen-bond donors (Lipinski definition) is 1. The summed E-state index contributed by atoms with van der Waals surface area (Å²) in [4.78, 5) is 19.5. The van der Waals surface area contributed by atoms with E-state index < -0.39 is 6.17 Å². The molecule has 1 aliphatic rings. The fourth-order valence-electron chi connectivity index (χ4n) is 3.96. The van der Waals surface area contributed by atoms with Gasteiger partial charge in [-0.3, -0.25) is 9.69 Å². The summed E-state index contributed by atoms with van der Waals surface area (Å²) in [6.07, 6.45) is 4.96. The van der Waals surface area contributed by atoms with Crippen LogP contribution in [0.5, 0.6) is 11.5 Å². The number of hydrogen-bond acceptors (Lipinski definition) is 5. The fraction of sp³-hybridized carbons (Fsp3) is 0.120. The predicted molar refractivity (Wildman–Crippen MR) is 123 cm³/mol. The number of nitrogens with zero attached hydrogens (tertiary/aromatic N) is 3. The third-order valence-electron chi connectivity index (χ3n) is 5.58. The number of imidazole rings is 1. The summed E-state index contributed by atoms with van der Waals surface area (Å²) in [5, 5.41) is 3.53. The van der Waals surface area contributed by atoms with E-state index in [1.807, 2.05) is 71.4 Å². The molecule has 5 rings (SSSR count). The molecule has 0 unspecified atom stereocenters. The zero-order valence-corrected chi connectivity index (χ0v) is 17.7. The summed E-state index contributed by atoms with van der Waals surface area (Å²) in [6, 6.07) is 21.0. The molecule has 1 amide bonds. The number of para-hydroxylation sites is 1. The maximum absolute atomic E-state index is 13.7. The summed E-state index contributed by atoms with van der Waals surface area (Å²) < 4.78 is 12.9. The van der Waals surface area contributed by atoms with Crippen LogP contribution < -0.4 is 19.7 Å². The van der Waals surface area contributed by atoms with Crippen LogP contribution in [0.1, 0.15) is 22.1 Å². The molecule has 0 fully saturated rings. The first kappa shape index (κ1) is 19.7. The van der Waals surface area contributed by atoms with Gasteiger partial charge in [0.1, 0.15) is 17.7 Å². The lowest BCUT2D eigenvalue weighted by Gasteiger charge is -2.38. The van der Waals surface area contributed by atoms with Gasteiger partial charge in [0.15, 0.2) is 0 Å². The van der Waals surface area contributed by atoms with Crippen LogP contribution in [-0.4, -0.2) is 29.7 Å². The molecule has 2 heterocycles. The third-order valence-corrected chi connectivity index (χ3v) is 5.58. The number of methoxy groups -OCH3 is 2. The van der Waals surface area contributed by atoms with E-state index in [4.69, 9.17) is 9.47 Å². The van der Waals surface area contributed by atoms with Crippen molar-refractivity contribution in [2.75, 3.05) is 24.4 Å². The Balaban J connectivity index is 1.61. The standard InChI is InChI=1S/C25H22N4O3/c1-31-19-11-12-22(23(15-19)32-2)29-24(27-21-6-4-3-5-20(21)25(29)30)17-7-9-18(10-8-17)28-14-13-26-16-28/h3-16,24,27H,1-2H3/t24-/m0/s1. The number of nitrogens with one attached hydrogen (secondary N) is 1. The Morgan fingerprint density at radius 2 is 1.78 bits per heavy atom. The molecule has 4 aromatic rings. The number of ether oxygens (including phenoxy) is 2. The molecule has 7 heteroatoms. The minimum Gasteiger partial charge on any atom is -0.497 e. The number of amides is 1. The van der Waals surface area contributed by atoms with Gasteiger partial charge in [-0.25, -0.2) is 4.98 Å². The summed E-state index contributed by atoms with van der Waals surface area (Å²) in [5.41, 5.74) is 3.99. The van der Waals surface area contributed by atoms with Crippen molar-refractivity contribution in [1.29, 1.82) is 0 Å². The van der Waals surface area contributed by atoms with Gasteiger partial charge in [0.25, 0.3) is 5.91 Å². The Bertz CT molecular complexity index is 1250. The van der Waals surface area contributed by atoms with Gasteiger partial charge in [0.05, 0.1) is 31.8 Å². The lowest BCUT2D eigenvalue weighted by molar-refractivity contribution is 0.0974. The summed E-state index contributed by atoms with van der Waals surface area (Å²) in [7, 11) is 3.19. The van der Waals surface area contributed by atoms with Crippen molar-refractivity contribution in [1.82, 2.24) is 9.55 Å². The van der Waals surface area contributed by atoms with Gasteiger partial charge in [0, 0.05) is 29.8 Å². The van der Waals surface area contributed by atoms with Crippen molar-refractivity contribution >= 4 is 17.3 Å². The Morgan fingerprint density at radius 3 is 2.50 bits per heavy atom. The normalized spacial score (nSPS) is 15.1. The summed E-state index contributed by atoms with van der Waals surface area (Å²) in [5.74, 6) is 1.11. The van der Waals surface area contributed by atoms with E-state index in [9.17, 15) is 4.79 Å². The van der Waals surface area contributed by atoms with Gasteiger partial charge in [-0.1, -0.05) is 24.3 Å². The van der Waals surface area contributed by atoms with Crippen LogP contribution in [0, 0.1) is 0 Å². The lowest BCUT2D eigenvalue weighted by Crippen LogP contribution is -2.43. The molecule has 0 saturated carbocycles. The van der Waals surface area contributed by atoms with Gasteiger partial charge < -0.3 is 19.4 Å². The van der Waals surface area contributed by atoms with E-state index in [1.165, 1.54) is 0 Å². The Kier molecular flexibility index (Phi) is 4.99. The topological polar surface area (TPSA) is 68.6 Å². The average Bonchev–Trinajstić information content (AvgIpc) is 3.39. The molecular formula is C25H22N4O3. The molecule has 0 aliphatic carbocycles. The molecule has 1 aliphatic heterocycles.